The highest BCUT2D eigenvalue weighted by Gasteiger charge is 2.22. The highest BCUT2D eigenvalue weighted by atomic mass is 32.1. The fourth-order valence-electron chi connectivity index (χ4n) is 2.28. The Morgan fingerprint density at radius 1 is 1.47 bits per heavy atom. The number of hydrogen-bond acceptors (Lipinski definition) is 3. The zero-order chi connectivity index (χ0) is 10.7. The van der Waals surface area contributed by atoms with Crippen molar-refractivity contribution in [3.8, 4) is 0 Å². The summed E-state index contributed by atoms with van der Waals surface area (Å²) in [5.41, 5.74) is 6.03. The molecule has 0 aromatic carbocycles. The summed E-state index contributed by atoms with van der Waals surface area (Å²) in [5.74, 6) is 0.700. The Balaban J connectivity index is 1.70. The van der Waals surface area contributed by atoms with Crippen LogP contribution < -0.4 is 11.1 Å². The molecule has 3 heteroatoms. The van der Waals surface area contributed by atoms with Crippen LogP contribution in [0.15, 0.2) is 12.1 Å². The van der Waals surface area contributed by atoms with Crippen LogP contribution in [0.3, 0.4) is 0 Å². The summed E-state index contributed by atoms with van der Waals surface area (Å²) in [4.78, 5) is 2.82. The molecule has 1 aliphatic rings. The number of aryl methyl sites for hydroxylation is 1. The molecule has 1 aliphatic carbocycles. The van der Waals surface area contributed by atoms with Crippen LogP contribution in [-0.4, -0.2) is 12.6 Å². The largest absolute Gasteiger partial charge is 0.327 e. The molecule has 0 aliphatic heterocycles. The zero-order valence-corrected chi connectivity index (χ0v) is 10.1. The Hall–Kier alpha value is -0.380. The van der Waals surface area contributed by atoms with Gasteiger partial charge in [-0.25, -0.2) is 0 Å². The van der Waals surface area contributed by atoms with E-state index in [1.165, 1.54) is 29.0 Å². The first-order valence-corrected chi connectivity index (χ1v) is 6.59. The lowest BCUT2D eigenvalue weighted by atomic mass is 10.1. The smallest absolute Gasteiger partial charge is 0.0299 e. The third-order valence-electron chi connectivity index (χ3n) is 3.22. The average Bonchev–Trinajstić information content (AvgIpc) is 2.77. The van der Waals surface area contributed by atoms with E-state index in [2.05, 4.69) is 24.4 Å². The van der Waals surface area contributed by atoms with Crippen molar-refractivity contribution in [1.29, 1.82) is 0 Å². The van der Waals surface area contributed by atoms with Gasteiger partial charge in [0, 0.05) is 22.3 Å². The van der Waals surface area contributed by atoms with E-state index in [0.29, 0.717) is 12.0 Å². The molecule has 0 radical (unpaired) electrons. The Kier molecular flexibility index (Phi) is 3.78. The summed E-state index contributed by atoms with van der Waals surface area (Å²) < 4.78 is 0. The molecule has 84 valence electrons. The molecule has 0 bridgehead atoms. The maximum absolute atomic E-state index is 6.03. The van der Waals surface area contributed by atoms with Crippen LogP contribution in [0.2, 0.25) is 0 Å². The quantitative estimate of drug-likeness (QED) is 0.823. The van der Waals surface area contributed by atoms with E-state index in [1.807, 2.05) is 11.3 Å². The predicted octanol–water partition coefficient (Wildman–Crippen LogP) is 2.27. The lowest BCUT2D eigenvalue weighted by molar-refractivity contribution is 0.443. The summed E-state index contributed by atoms with van der Waals surface area (Å²) in [6.07, 6.45) is 3.83. The van der Waals surface area contributed by atoms with Gasteiger partial charge in [-0.05, 0) is 44.4 Å². The van der Waals surface area contributed by atoms with Crippen LogP contribution in [-0.2, 0) is 6.54 Å². The first kappa shape index (κ1) is 11.1. The molecule has 1 saturated carbocycles. The van der Waals surface area contributed by atoms with Crippen molar-refractivity contribution in [2.45, 2.75) is 38.8 Å². The van der Waals surface area contributed by atoms with Gasteiger partial charge in [0.25, 0.3) is 0 Å². The Labute approximate surface area is 95.9 Å². The number of nitrogens with one attached hydrogen (secondary N) is 1. The molecule has 1 fully saturated rings. The van der Waals surface area contributed by atoms with Crippen LogP contribution in [0.4, 0.5) is 0 Å². The van der Waals surface area contributed by atoms with E-state index in [1.54, 1.807) is 0 Å². The molecule has 2 atom stereocenters. The van der Waals surface area contributed by atoms with Crippen molar-refractivity contribution in [3.63, 3.8) is 0 Å². The fourth-order valence-corrected chi connectivity index (χ4v) is 3.14. The van der Waals surface area contributed by atoms with Crippen LogP contribution in [0.25, 0.3) is 0 Å². The highest BCUT2D eigenvalue weighted by Crippen LogP contribution is 2.23. The lowest BCUT2D eigenvalue weighted by Crippen LogP contribution is -2.32. The molecular formula is C12H20N2S. The van der Waals surface area contributed by atoms with E-state index in [-0.39, 0.29) is 0 Å². The standard InChI is InChI=1S/C12H20N2S/c1-9-5-6-11(15-9)8-14-7-10-3-2-4-12(10)13/h5-6,10,12,14H,2-4,7-8,13H2,1H3. The van der Waals surface area contributed by atoms with Crippen molar-refractivity contribution < 1.29 is 0 Å². The van der Waals surface area contributed by atoms with Crippen LogP contribution >= 0.6 is 11.3 Å². The van der Waals surface area contributed by atoms with E-state index < -0.39 is 0 Å². The molecule has 0 amide bonds. The SMILES string of the molecule is Cc1ccc(CNCC2CCCC2N)s1. The highest BCUT2D eigenvalue weighted by molar-refractivity contribution is 7.11. The Morgan fingerprint density at radius 2 is 2.33 bits per heavy atom. The second-order valence-electron chi connectivity index (χ2n) is 4.50. The van der Waals surface area contributed by atoms with E-state index in [4.69, 9.17) is 5.73 Å². The van der Waals surface area contributed by atoms with Gasteiger partial charge in [0.1, 0.15) is 0 Å². The summed E-state index contributed by atoms with van der Waals surface area (Å²) in [5, 5.41) is 3.52. The van der Waals surface area contributed by atoms with Crippen molar-refractivity contribution in [1.82, 2.24) is 5.32 Å². The predicted molar refractivity (Wildman–Crippen MR) is 66.1 cm³/mol. The normalized spacial score (nSPS) is 26.0. The third-order valence-corrected chi connectivity index (χ3v) is 4.22. The van der Waals surface area contributed by atoms with Gasteiger partial charge >= 0.3 is 0 Å². The average molecular weight is 224 g/mol. The molecule has 0 saturated heterocycles. The van der Waals surface area contributed by atoms with Crippen molar-refractivity contribution in [3.05, 3.63) is 21.9 Å². The molecule has 1 aromatic rings. The lowest BCUT2D eigenvalue weighted by Gasteiger charge is -2.15. The number of hydrogen-bond donors (Lipinski definition) is 2. The minimum atomic E-state index is 0.433. The summed E-state index contributed by atoms with van der Waals surface area (Å²) in [6.45, 7) is 4.24. The van der Waals surface area contributed by atoms with Gasteiger partial charge in [0.2, 0.25) is 0 Å². The molecule has 1 aromatic heterocycles. The molecule has 3 N–H and O–H groups in total. The molecular weight excluding hydrogens is 204 g/mol. The minimum absolute atomic E-state index is 0.433. The third kappa shape index (κ3) is 3.03. The van der Waals surface area contributed by atoms with E-state index in [0.717, 1.165) is 13.1 Å². The van der Waals surface area contributed by atoms with Crippen LogP contribution in [0, 0.1) is 12.8 Å². The fraction of sp³-hybridized carbons (Fsp3) is 0.667. The Morgan fingerprint density at radius 3 is 2.93 bits per heavy atom. The van der Waals surface area contributed by atoms with Gasteiger partial charge in [0.05, 0.1) is 0 Å². The molecule has 0 spiro atoms. The molecule has 2 rings (SSSR count). The van der Waals surface area contributed by atoms with Gasteiger partial charge in [-0.2, -0.15) is 0 Å². The first-order chi connectivity index (χ1) is 7.25. The topological polar surface area (TPSA) is 38.0 Å². The van der Waals surface area contributed by atoms with Gasteiger partial charge in [-0.1, -0.05) is 6.42 Å². The second-order valence-corrected chi connectivity index (χ2v) is 5.87. The number of thiophene rings is 1. The maximum Gasteiger partial charge on any atom is 0.0299 e. The van der Waals surface area contributed by atoms with Gasteiger partial charge in [0.15, 0.2) is 0 Å². The van der Waals surface area contributed by atoms with Crippen molar-refractivity contribution in [2.24, 2.45) is 11.7 Å². The molecule has 2 nitrogen and oxygen atoms in total. The van der Waals surface area contributed by atoms with Crippen molar-refractivity contribution in [2.75, 3.05) is 6.54 Å². The second kappa shape index (κ2) is 5.10. The summed E-state index contributed by atoms with van der Waals surface area (Å²) in [7, 11) is 0. The number of nitrogens with two attached hydrogens (primary N) is 1. The Bertz CT molecular complexity index is 308. The minimum Gasteiger partial charge on any atom is -0.327 e. The molecule has 15 heavy (non-hydrogen) atoms. The van der Waals surface area contributed by atoms with E-state index >= 15 is 0 Å². The van der Waals surface area contributed by atoms with Gasteiger partial charge in [-0.3, -0.25) is 0 Å². The first-order valence-electron chi connectivity index (χ1n) is 5.77. The summed E-state index contributed by atoms with van der Waals surface area (Å²) >= 11 is 1.88. The summed E-state index contributed by atoms with van der Waals surface area (Å²) in [6, 6.07) is 4.83. The maximum atomic E-state index is 6.03. The monoisotopic (exact) mass is 224 g/mol. The number of rotatable bonds is 4. The van der Waals surface area contributed by atoms with E-state index in [9.17, 15) is 0 Å². The van der Waals surface area contributed by atoms with Gasteiger partial charge < -0.3 is 11.1 Å². The van der Waals surface area contributed by atoms with Gasteiger partial charge in [-0.15, -0.1) is 11.3 Å². The molecule has 1 heterocycles. The zero-order valence-electron chi connectivity index (χ0n) is 9.33. The van der Waals surface area contributed by atoms with Crippen LogP contribution in [0.5, 0.6) is 0 Å². The van der Waals surface area contributed by atoms with Crippen molar-refractivity contribution >= 4 is 11.3 Å². The molecule has 2 unspecified atom stereocenters. The van der Waals surface area contributed by atoms with Crippen LogP contribution in [0.1, 0.15) is 29.0 Å².